The predicted molar refractivity (Wildman–Crippen MR) is 94.8 cm³/mol. The number of guanidine groups is 1. The zero-order chi connectivity index (χ0) is 17.6. The number of aromatic hydroxyl groups is 1. The average Bonchev–Trinajstić information content (AvgIpc) is 2.59. The predicted octanol–water partition coefficient (Wildman–Crippen LogP) is 1.51. The number of hydrogen-bond acceptors (Lipinski definition) is 5. The number of aliphatic imine (C=N–C) groups is 1. The summed E-state index contributed by atoms with van der Waals surface area (Å²) in [7, 11) is 3.19. The normalized spacial score (nSPS) is 11.4. The molecule has 24 heavy (non-hydrogen) atoms. The Labute approximate surface area is 144 Å². The van der Waals surface area contributed by atoms with Gasteiger partial charge in [-0.05, 0) is 31.0 Å². The second-order valence-electron chi connectivity index (χ2n) is 5.09. The molecule has 0 bridgehead atoms. The molecule has 1 rings (SSSR count). The molecule has 0 saturated carbocycles. The summed E-state index contributed by atoms with van der Waals surface area (Å²) >= 11 is 0. The molecule has 0 radical (unpaired) electrons. The molecule has 7 nitrogen and oxygen atoms in total. The molecule has 0 fully saturated rings. The van der Waals surface area contributed by atoms with Gasteiger partial charge in [-0.3, -0.25) is 0 Å². The highest BCUT2D eigenvalue weighted by Gasteiger charge is 2.03. The first-order valence-corrected chi connectivity index (χ1v) is 8.16. The number of phenolic OH excluding ortho intramolecular Hbond substituents is 1. The summed E-state index contributed by atoms with van der Waals surface area (Å²) in [6, 6.07) is 5.28. The van der Waals surface area contributed by atoms with Gasteiger partial charge in [0.2, 0.25) is 0 Å². The fourth-order valence-corrected chi connectivity index (χ4v) is 1.97. The van der Waals surface area contributed by atoms with Gasteiger partial charge in [-0.15, -0.1) is 0 Å². The van der Waals surface area contributed by atoms with Crippen molar-refractivity contribution in [3.63, 3.8) is 0 Å². The Kier molecular flexibility index (Phi) is 10.4. The maximum atomic E-state index is 9.79. The molecule has 0 saturated heterocycles. The van der Waals surface area contributed by atoms with E-state index in [0.717, 1.165) is 31.0 Å². The van der Waals surface area contributed by atoms with Gasteiger partial charge >= 0.3 is 0 Å². The number of methoxy groups -OCH3 is 2. The van der Waals surface area contributed by atoms with Crippen LogP contribution in [0.1, 0.15) is 18.9 Å². The van der Waals surface area contributed by atoms with Gasteiger partial charge in [-0.1, -0.05) is 6.07 Å². The zero-order valence-corrected chi connectivity index (χ0v) is 14.8. The monoisotopic (exact) mass is 339 g/mol. The van der Waals surface area contributed by atoms with E-state index in [-0.39, 0.29) is 5.75 Å². The Morgan fingerprint density at radius 3 is 2.67 bits per heavy atom. The third kappa shape index (κ3) is 8.03. The average molecular weight is 339 g/mol. The van der Waals surface area contributed by atoms with Crippen molar-refractivity contribution in [2.45, 2.75) is 19.9 Å². The van der Waals surface area contributed by atoms with Crippen LogP contribution in [0.3, 0.4) is 0 Å². The van der Waals surface area contributed by atoms with Crippen molar-refractivity contribution < 1.29 is 19.3 Å². The fraction of sp³-hybridized carbons (Fsp3) is 0.588. The molecule has 7 heteroatoms. The Morgan fingerprint density at radius 1 is 1.17 bits per heavy atom. The van der Waals surface area contributed by atoms with Gasteiger partial charge in [0.25, 0.3) is 0 Å². The number of benzene rings is 1. The highest BCUT2D eigenvalue weighted by molar-refractivity contribution is 5.79. The van der Waals surface area contributed by atoms with Crippen LogP contribution in [0.15, 0.2) is 23.2 Å². The Hall–Kier alpha value is -1.99. The number of nitrogens with one attached hydrogen (secondary N) is 2. The van der Waals surface area contributed by atoms with Crippen LogP contribution in [0.5, 0.6) is 11.5 Å². The first-order valence-electron chi connectivity index (χ1n) is 8.16. The van der Waals surface area contributed by atoms with Crippen molar-refractivity contribution in [3.05, 3.63) is 23.8 Å². The van der Waals surface area contributed by atoms with E-state index in [9.17, 15) is 5.11 Å². The van der Waals surface area contributed by atoms with Crippen LogP contribution in [0, 0.1) is 0 Å². The van der Waals surface area contributed by atoms with E-state index in [1.807, 2.05) is 13.0 Å². The molecule has 0 aliphatic heterocycles. The summed E-state index contributed by atoms with van der Waals surface area (Å²) in [5.74, 6) is 1.32. The standard InChI is InChI=1S/C17H29N3O4/c1-4-18-17(19-8-5-9-24-11-10-22-2)20-13-14-6-7-16(23-3)15(21)12-14/h6-7,12,21H,4-5,8-11,13H2,1-3H3,(H2,18,19,20). The molecular weight excluding hydrogens is 310 g/mol. The molecule has 3 N–H and O–H groups in total. The van der Waals surface area contributed by atoms with Gasteiger partial charge in [0.05, 0.1) is 26.9 Å². The lowest BCUT2D eigenvalue weighted by atomic mass is 10.2. The van der Waals surface area contributed by atoms with Crippen LogP contribution in [-0.4, -0.2) is 58.2 Å². The molecule has 0 aliphatic rings. The maximum Gasteiger partial charge on any atom is 0.191 e. The summed E-state index contributed by atoms with van der Waals surface area (Å²) in [5.41, 5.74) is 0.911. The number of phenols is 1. The van der Waals surface area contributed by atoms with Crippen molar-refractivity contribution in [1.29, 1.82) is 0 Å². The number of ether oxygens (including phenoxy) is 3. The van der Waals surface area contributed by atoms with E-state index < -0.39 is 0 Å². The minimum atomic E-state index is 0.122. The highest BCUT2D eigenvalue weighted by atomic mass is 16.5. The van der Waals surface area contributed by atoms with Crippen LogP contribution < -0.4 is 15.4 Å². The minimum absolute atomic E-state index is 0.122. The first-order chi connectivity index (χ1) is 11.7. The molecule has 0 unspecified atom stereocenters. The molecule has 136 valence electrons. The second kappa shape index (κ2) is 12.4. The third-order valence-electron chi connectivity index (χ3n) is 3.20. The summed E-state index contributed by atoms with van der Waals surface area (Å²) in [5, 5.41) is 16.2. The topological polar surface area (TPSA) is 84.3 Å². The zero-order valence-electron chi connectivity index (χ0n) is 14.8. The summed E-state index contributed by atoms with van der Waals surface area (Å²) in [6.07, 6.45) is 0.886. The largest absolute Gasteiger partial charge is 0.504 e. The Balaban J connectivity index is 2.40. The molecule has 0 spiro atoms. The van der Waals surface area contributed by atoms with E-state index in [1.165, 1.54) is 7.11 Å². The fourth-order valence-electron chi connectivity index (χ4n) is 1.97. The summed E-state index contributed by atoms with van der Waals surface area (Å²) in [6.45, 7) is 5.96. The Bertz CT molecular complexity index is 495. The highest BCUT2D eigenvalue weighted by Crippen LogP contribution is 2.26. The quantitative estimate of drug-likeness (QED) is 0.322. The van der Waals surface area contributed by atoms with Gasteiger partial charge in [-0.2, -0.15) is 0 Å². The molecule has 0 aromatic heterocycles. The minimum Gasteiger partial charge on any atom is -0.504 e. The first kappa shape index (κ1) is 20.1. The van der Waals surface area contributed by atoms with Crippen LogP contribution in [-0.2, 0) is 16.0 Å². The van der Waals surface area contributed by atoms with Crippen LogP contribution in [0.4, 0.5) is 0 Å². The van der Waals surface area contributed by atoms with Gasteiger partial charge in [0.1, 0.15) is 0 Å². The third-order valence-corrected chi connectivity index (χ3v) is 3.20. The summed E-state index contributed by atoms with van der Waals surface area (Å²) < 4.78 is 15.4. The molecule has 1 aromatic rings. The second-order valence-corrected chi connectivity index (χ2v) is 5.09. The number of rotatable bonds is 11. The van der Waals surface area contributed by atoms with E-state index in [4.69, 9.17) is 14.2 Å². The van der Waals surface area contributed by atoms with Gasteiger partial charge in [-0.25, -0.2) is 4.99 Å². The molecule has 0 atom stereocenters. The van der Waals surface area contributed by atoms with Crippen LogP contribution >= 0.6 is 0 Å². The van der Waals surface area contributed by atoms with E-state index in [0.29, 0.717) is 32.1 Å². The van der Waals surface area contributed by atoms with Gasteiger partial charge in [0.15, 0.2) is 17.5 Å². The molecule has 0 amide bonds. The summed E-state index contributed by atoms with van der Waals surface area (Å²) in [4.78, 5) is 4.51. The van der Waals surface area contributed by atoms with E-state index in [1.54, 1.807) is 19.2 Å². The lowest BCUT2D eigenvalue weighted by Crippen LogP contribution is -2.38. The van der Waals surface area contributed by atoms with Gasteiger partial charge < -0.3 is 30.0 Å². The number of nitrogens with zero attached hydrogens (tertiary/aromatic N) is 1. The van der Waals surface area contributed by atoms with Crippen LogP contribution in [0.2, 0.25) is 0 Å². The van der Waals surface area contributed by atoms with Crippen molar-refractivity contribution in [2.24, 2.45) is 4.99 Å². The van der Waals surface area contributed by atoms with Crippen molar-refractivity contribution >= 4 is 5.96 Å². The van der Waals surface area contributed by atoms with Crippen molar-refractivity contribution in [3.8, 4) is 11.5 Å². The SMILES string of the molecule is CCNC(=NCc1ccc(OC)c(O)c1)NCCCOCCOC. The maximum absolute atomic E-state index is 9.79. The molecule has 0 heterocycles. The van der Waals surface area contributed by atoms with Gasteiger partial charge in [0, 0.05) is 26.8 Å². The number of hydrogen-bond donors (Lipinski definition) is 3. The lowest BCUT2D eigenvalue weighted by Gasteiger charge is -2.11. The van der Waals surface area contributed by atoms with Crippen LogP contribution in [0.25, 0.3) is 0 Å². The molecular formula is C17H29N3O4. The Morgan fingerprint density at radius 2 is 2.00 bits per heavy atom. The van der Waals surface area contributed by atoms with Crippen molar-refractivity contribution in [1.82, 2.24) is 10.6 Å². The molecule has 1 aromatic carbocycles. The lowest BCUT2D eigenvalue weighted by molar-refractivity contribution is 0.0698. The smallest absolute Gasteiger partial charge is 0.191 e. The van der Waals surface area contributed by atoms with E-state index in [2.05, 4.69) is 15.6 Å². The van der Waals surface area contributed by atoms with E-state index >= 15 is 0 Å². The van der Waals surface area contributed by atoms with Crippen molar-refractivity contribution in [2.75, 3.05) is 47.1 Å². The molecule has 0 aliphatic carbocycles.